The molecule has 0 saturated heterocycles. The number of unbranched alkanes of at least 4 members (excludes halogenated alkanes) is 2. The molecule has 13 heavy (non-hydrogen) atoms. The van der Waals surface area contributed by atoms with Crippen molar-refractivity contribution in [3.05, 3.63) is 24.2 Å². The van der Waals surface area contributed by atoms with Gasteiger partial charge in [0.1, 0.15) is 0 Å². The van der Waals surface area contributed by atoms with E-state index in [1.807, 2.05) is 0 Å². The van der Waals surface area contributed by atoms with Crippen LogP contribution in [0.4, 0.5) is 0 Å². The van der Waals surface area contributed by atoms with Crippen molar-refractivity contribution in [2.75, 3.05) is 6.61 Å². The number of hydrogen-bond acceptors (Lipinski definition) is 3. The second kappa shape index (κ2) is 5.78. The summed E-state index contributed by atoms with van der Waals surface area (Å²) in [6, 6.07) is 1.77. The van der Waals surface area contributed by atoms with Gasteiger partial charge < -0.3 is 14.6 Å². The third-order valence-corrected chi connectivity index (χ3v) is 2.06. The maximum Gasteiger partial charge on any atom is 0.0960 e. The maximum atomic E-state index is 9.59. The van der Waals surface area contributed by atoms with Gasteiger partial charge in [0.25, 0.3) is 0 Å². The minimum atomic E-state index is -0.419. The Bertz CT molecular complexity index is 206. The molecule has 1 atom stereocenters. The number of aliphatic hydroxyl groups is 2. The smallest absolute Gasteiger partial charge is 0.0960 e. The summed E-state index contributed by atoms with van der Waals surface area (Å²) in [4.78, 5) is 0. The molecule has 0 saturated carbocycles. The van der Waals surface area contributed by atoms with E-state index < -0.39 is 6.10 Å². The molecule has 3 heteroatoms. The first-order valence-electron chi connectivity index (χ1n) is 4.65. The third-order valence-electron chi connectivity index (χ3n) is 2.06. The summed E-state index contributed by atoms with van der Waals surface area (Å²) >= 11 is 0. The van der Waals surface area contributed by atoms with E-state index in [9.17, 15) is 5.11 Å². The van der Waals surface area contributed by atoms with Gasteiger partial charge in [-0.25, -0.2) is 0 Å². The second-order valence-corrected chi connectivity index (χ2v) is 3.15. The summed E-state index contributed by atoms with van der Waals surface area (Å²) in [7, 11) is 0. The van der Waals surface area contributed by atoms with Crippen LogP contribution >= 0.6 is 0 Å². The van der Waals surface area contributed by atoms with E-state index in [1.54, 1.807) is 18.6 Å². The summed E-state index contributed by atoms with van der Waals surface area (Å²) < 4.78 is 4.86. The monoisotopic (exact) mass is 184 g/mol. The van der Waals surface area contributed by atoms with Gasteiger partial charge in [0.15, 0.2) is 0 Å². The fraction of sp³-hybridized carbons (Fsp3) is 0.600. The lowest BCUT2D eigenvalue weighted by atomic mass is 10.1. The zero-order valence-electron chi connectivity index (χ0n) is 7.65. The molecule has 0 fully saturated rings. The Balaban J connectivity index is 2.15. The molecule has 1 unspecified atom stereocenters. The molecule has 0 aliphatic carbocycles. The Kier molecular flexibility index (Phi) is 4.57. The highest BCUT2D eigenvalue weighted by Crippen LogP contribution is 2.19. The summed E-state index contributed by atoms with van der Waals surface area (Å²) in [5.41, 5.74) is 0.837. The molecule has 1 aromatic heterocycles. The first kappa shape index (κ1) is 10.3. The van der Waals surface area contributed by atoms with E-state index in [1.165, 1.54) is 0 Å². The third kappa shape index (κ3) is 3.61. The molecule has 1 rings (SSSR count). The summed E-state index contributed by atoms with van der Waals surface area (Å²) in [5, 5.41) is 18.1. The normalized spacial score (nSPS) is 13.1. The molecule has 0 amide bonds. The molecule has 1 aromatic rings. The van der Waals surface area contributed by atoms with Gasteiger partial charge in [0.2, 0.25) is 0 Å². The fourth-order valence-corrected chi connectivity index (χ4v) is 1.26. The second-order valence-electron chi connectivity index (χ2n) is 3.15. The van der Waals surface area contributed by atoms with Gasteiger partial charge in [0, 0.05) is 12.2 Å². The molecule has 0 radical (unpaired) electrons. The Morgan fingerprint density at radius 3 is 2.77 bits per heavy atom. The van der Waals surface area contributed by atoms with Crippen LogP contribution < -0.4 is 0 Å². The molecule has 0 spiro atoms. The van der Waals surface area contributed by atoms with Gasteiger partial charge in [-0.3, -0.25) is 0 Å². The zero-order valence-corrected chi connectivity index (χ0v) is 7.65. The van der Waals surface area contributed by atoms with Crippen LogP contribution in [0.25, 0.3) is 0 Å². The van der Waals surface area contributed by atoms with Crippen LogP contribution in [0.2, 0.25) is 0 Å². The molecule has 2 N–H and O–H groups in total. The largest absolute Gasteiger partial charge is 0.472 e. The molecule has 0 aliphatic rings. The lowest BCUT2D eigenvalue weighted by Crippen LogP contribution is -1.95. The Morgan fingerprint density at radius 2 is 2.15 bits per heavy atom. The Morgan fingerprint density at radius 1 is 1.31 bits per heavy atom. The van der Waals surface area contributed by atoms with Crippen LogP contribution in [-0.2, 0) is 0 Å². The van der Waals surface area contributed by atoms with E-state index in [4.69, 9.17) is 9.52 Å². The van der Waals surface area contributed by atoms with Crippen molar-refractivity contribution in [3.8, 4) is 0 Å². The maximum absolute atomic E-state index is 9.59. The first-order valence-corrected chi connectivity index (χ1v) is 4.65. The molecule has 0 aromatic carbocycles. The van der Waals surface area contributed by atoms with E-state index in [-0.39, 0.29) is 6.61 Å². The van der Waals surface area contributed by atoms with E-state index in [0.717, 1.165) is 31.2 Å². The summed E-state index contributed by atoms with van der Waals surface area (Å²) in [6.45, 7) is 0.238. The fourth-order valence-electron chi connectivity index (χ4n) is 1.26. The number of rotatable bonds is 6. The highest BCUT2D eigenvalue weighted by Gasteiger charge is 2.07. The van der Waals surface area contributed by atoms with Gasteiger partial charge in [-0.1, -0.05) is 12.8 Å². The topological polar surface area (TPSA) is 53.6 Å². The van der Waals surface area contributed by atoms with Gasteiger partial charge in [-0.15, -0.1) is 0 Å². The van der Waals surface area contributed by atoms with Crippen LogP contribution in [0.3, 0.4) is 0 Å². The lowest BCUT2D eigenvalue weighted by molar-refractivity contribution is 0.161. The molecule has 0 aliphatic heterocycles. The van der Waals surface area contributed by atoms with E-state index >= 15 is 0 Å². The predicted molar refractivity (Wildman–Crippen MR) is 49.2 cm³/mol. The van der Waals surface area contributed by atoms with Gasteiger partial charge in [0.05, 0.1) is 18.6 Å². The van der Waals surface area contributed by atoms with Gasteiger partial charge in [-0.05, 0) is 18.9 Å². The number of aliphatic hydroxyl groups excluding tert-OH is 2. The first-order chi connectivity index (χ1) is 6.34. The Labute approximate surface area is 78.0 Å². The number of hydrogen-bond donors (Lipinski definition) is 2. The van der Waals surface area contributed by atoms with E-state index in [2.05, 4.69) is 0 Å². The predicted octanol–water partition coefficient (Wildman–Crippen LogP) is 1.87. The lowest BCUT2D eigenvalue weighted by Gasteiger charge is -2.06. The molecular weight excluding hydrogens is 168 g/mol. The Hall–Kier alpha value is -0.800. The summed E-state index contributed by atoms with van der Waals surface area (Å²) in [5.74, 6) is 0. The van der Waals surface area contributed by atoms with E-state index in [0.29, 0.717) is 0 Å². The van der Waals surface area contributed by atoms with Crippen molar-refractivity contribution in [1.29, 1.82) is 0 Å². The van der Waals surface area contributed by atoms with Gasteiger partial charge >= 0.3 is 0 Å². The molecule has 1 heterocycles. The van der Waals surface area contributed by atoms with Crippen LogP contribution in [0.1, 0.15) is 37.4 Å². The highest BCUT2D eigenvalue weighted by atomic mass is 16.3. The summed E-state index contributed by atoms with van der Waals surface area (Å²) in [6.07, 6.45) is 6.16. The van der Waals surface area contributed by atoms with Crippen molar-refractivity contribution in [3.63, 3.8) is 0 Å². The molecule has 3 nitrogen and oxygen atoms in total. The highest BCUT2D eigenvalue weighted by molar-refractivity contribution is 5.08. The standard InChI is InChI=1S/C10H16O3/c11-6-3-1-2-4-10(12)9-5-7-13-8-9/h5,7-8,10-12H,1-4,6H2. The van der Waals surface area contributed by atoms with Gasteiger partial charge in [-0.2, -0.15) is 0 Å². The molecule has 0 bridgehead atoms. The van der Waals surface area contributed by atoms with Crippen LogP contribution in [0.15, 0.2) is 23.0 Å². The van der Waals surface area contributed by atoms with Crippen molar-refractivity contribution in [1.82, 2.24) is 0 Å². The van der Waals surface area contributed by atoms with Crippen LogP contribution in [-0.4, -0.2) is 16.8 Å². The SMILES string of the molecule is OCCCCCC(O)c1ccoc1. The van der Waals surface area contributed by atoms with Crippen LogP contribution in [0, 0.1) is 0 Å². The minimum Gasteiger partial charge on any atom is -0.472 e. The quantitative estimate of drug-likeness (QED) is 0.663. The van der Waals surface area contributed by atoms with Crippen LogP contribution in [0.5, 0.6) is 0 Å². The van der Waals surface area contributed by atoms with Crippen molar-refractivity contribution >= 4 is 0 Å². The number of furan rings is 1. The average molecular weight is 184 g/mol. The molecular formula is C10H16O3. The minimum absolute atomic E-state index is 0.238. The van der Waals surface area contributed by atoms with Crippen molar-refractivity contribution in [2.45, 2.75) is 31.8 Å². The van der Waals surface area contributed by atoms with Crippen molar-refractivity contribution < 1.29 is 14.6 Å². The van der Waals surface area contributed by atoms with Crippen molar-refractivity contribution in [2.24, 2.45) is 0 Å². The zero-order chi connectivity index (χ0) is 9.52. The average Bonchev–Trinajstić information content (AvgIpc) is 2.65. The molecule has 74 valence electrons.